The van der Waals surface area contributed by atoms with Crippen LogP contribution in [-0.4, -0.2) is 33.8 Å². The normalized spacial score (nSPS) is 13.2. The first-order valence-electron chi connectivity index (χ1n) is 3.62. The van der Waals surface area contributed by atoms with Crippen LogP contribution in [0.3, 0.4) is 0 Å². The lowest BCUT2D eigenvalue weighted by Gasteiger charge is -2.30. The Morgan fingerprint density at radius 3 is 2.25 bits per heavy atom. The van der Waals surface area contributed by atoms with Crippen LogP contribution in [0.15, 0.2) is 5.28 Å². The van der Waals surface area contributed by atoms with Crippen LogP contribution in [-0.2, 0) is 0 Å². The molecule has 0 heterocycles. The van der Waals surface area contributed by atoms with Gasteiger partial charge in [-0.25, -0.2) is 0 Å². The van der Waals surface area contributed by atoms with Crippen molar-refractivity contribution in [3.05, 3.63) is 10.4 Å². The molecule has 72 valence electrons. The van der Waals surface area contributed by atoms with Crippen LogP contribution < -0.4 is 0 Å². The predicted molar refractivity (Wildman–Crippen MR) is 43.0 cm³/mol. The zero-order valence-corrected chi connectivity index (χ0v) is 7.52. The third-order valence-corrected chi connectivity index (χ3v) is 1.36. The predicted octanol–water partition coefficient (Wildman–Crippen LogP) is 0.455. The Balaban J connectivity index is 4.44. The first-order chi connectivity index (χ1) is 5.43. The average molecular weight is 176 g/mol. The number of hydrazine groups is 1. The van der Waals surface area contributed by atoms with Crippen LogP contribution in [0.1, 0.15) is 20.8 Å². The van der Waals surface area contributed by atoms with Gasteiger partial charge in [-0.1, -0.05) is 0 Å². The Bertz CT molecular complexity index is 164. The van der Waals surface area contributed by atoms with Crippen molar-refractivity contribution in [2.45, 2.75) is 26.3 Å². The zero-order chi connectivity index (χ0) is 9.78. The number of nitrogens with zero attached hydrogens (tertiary/aromatic N) is 3. The molecule has 1 N–H and O–H groups in total. The summed E-state index contributed by atoms with van der Waals surface area (Å²) in [6.07, 6.45) is 0. The minimum Gasteiger partial charge on any atom is -0.737 e. The molecule has 0 unspecified atom stereocenters. The van der Waals surface area contributed by atoms with E-state index in [9.17, 15) is 10.4 Å². The van der Waals surface area contributed by atoms with Crippen LogP contribution >= 0.6 is 0 Å². The molecule has 0 saturated carbocycles. The SMILES string of the molecule is CC(C)(C)N(CCO)/[N+]([O-])=N\[O-]. The lowest BCUT2D eigenvalue weighted by atomic mass is 10.1. The molecule has 0 amide bonds. The molecule has 0 bridgehead atoms. The number of hydrogen-bond donors (Lipinski definition) is 1. The number of β-amino-alcohol motifs (C(OH)–C–C–N with tert-alkyl or cyclic N) is 1. The van der Waals surface area contributed by atoms with Crippen molar-refractivity contribution in [2.24, 2.45) is 5.28 Å². The maximum atomic E-state index is 10.8. The number of hydrogen-bond acceptors (Lipinski definition) is 4. The molecule has 12 heavy (non-hydrogen) atoms. The second-order valence-electron chi connectivity index (χ2n) is 3.35. The van der Waals surface area contributed by atoms with Gasteiger partial charge in [0.05, 0.1) is 12.1 Å². The number of rotatable bonds is 3. The Morgan fingerprint density at radius 1 is 1.50 bits per heavy atom. The number of aliphatic hydroxyl groups excluding tert-OH is 1. The van der Waals surface area contributed by atoms with E-state index in [1.54, 1.807) is 20.8 Å². The van der Waals surface area contributed by atoms with E-state index >= 15 is 0 Å². The quantitative estimate of drug-likeness (QED) is 0.384. The summed E-state index contributed by atoms with van der Waals surface area (Å²) in [5.41, 5.74) is -0.515. The molecule has 0 aliphatic carbocycles. The highest BCUT2D eigenvalue weighted by Crippen LogP contribution is 2.12. The summed E-state index contributed by atoms with van der Waals surface area (Å²) in [5, 5.41) is 32.7. The number of aliphatic hydroxyl groups is 1. The van der Waals surface area contributed by atoms with Gasteiger partial charge in [-0.2, -0.15) is 0 Å². The molecule has 0 aromatic carbocycles. The first-order valence-corrected chi connectivity index (χ1v) is 3.62. The maximum absolute atomic E-state index is 10.8. The van der Waals surface area contributed by atoms with Crippen molar-refractivity contribution in [3.8, 4) is 0 Å². The molecule has 0 radical (unpaired) electrons. The molecular formula is C6H14N3O3-. The van der Waals surface area contributed by atoms with Crippen molar-refractivity contribution >= 4 is 0 Å². The summed E-state index contributed by atoms with van der Waals surface area (Å²) in [7, 11) is 0. The van der Waals surface area contributed by atoms with E-state index in [1.165, 1.54) is 0 Å². The standard InChI is InChI=1S/C6H15N3O3/c1-6(2,3)8(4-5-10)9(12)7-11/h10-11H,4-5H2,1-3H3/p-1/b9-7+. The lowest BCUT2D eigenvalue weighted by Crippen LogP contribution is -2.47. The lowest BCUT2D eigenvalue weighted by molar-refractivity contribution is -0.706. The van der Waals surface area contributed by atoms with Crippen molar-refractivity contribution in [1.29, 1.82) is 0 Å². The molecule has 0 rings (SSSR count). The third kappa shape index (κ3) is 2.91. The fourth-order valence-electron chi connectivity index (χ4n) is 0.816. The fraction of sp³-hybridized carbons (Fsp3) is 1.00. The van der Waals surface area contributed by atoms with Gasteiger partial charge in [0.25, 0.3) is 0 Å². The Hall–Kier alpha value is -1.04. The summed E-state index contributed by atoms with van der Waals surface area (Å²) in [6, 6.07) is 0. The highest BCUT2D eigenvalue weighted by molar-refractivity contribution is 4.68. The molecule has 6 heteroatoms. The van der Waals surface area contributed by atoms with Gasteiger partial charge >= 0.3 is 0 Å². The minimum atomic E-state index is -0.515. The molecule has 0 aromatic heterocycles. The van der Waals surface area contributed by atoms with Crippen molar-refractivity contribution in [1.82, 2.24) is 5.01 Å². The molecule has 6 nitrogen and oxygen atoms in total. The maximum Gasteiger partial charge on any atom is 0.100 e. The molecular weight excluding hydrogens is 162 g/mol. The van der Waals surface area contributed by atoms with Gasteiger partial charge in [-0.3, -0.25) is 0 Å². The van der Waals surface area contributed by atoms with Gasteiger partial charge in [0, 0.05) is 4.97 Å². The molecule has 0 saturated heterocycles. The Labute approximate surface area is 71.2 Å². The summed E-state index contributed by atoms with van der Waals surface area (Å²) in [5.74, 6) is 0. The molecule has 0 aliphatic heterocycles. The molecule has 0 fully saturated rings. The third-order valence-electron chi connectivity index (χ3n) is 1.36. The molecule has 0 atom stereocenters. The molecule has 0 aromatic rings. The summed E-state index contributed by atoms with van der Waals surface area (Å²) in [6.45, 7) is 5.15. The van der Waals surface area contributed by atoms with Crippen LogP contribution in [0.4, 0.5) is 0 Å². The van der Waals surface area contributed by atoms with Crippen LogP contribution in [0.5, 0.6) is 0 Å². The van der Waals surface area contributed by atoms with Gasteiger partial charge in [0.15, 0.2) is 0 Å². The average Bonchev–Trinajstić information content (AvgIpc) is 1.96. The van der Waals surface area contributed by atoms with E-state index in [0.29, 0.717) is 0 Å². The van der Waals surface area contributed by atoms with Gasteiger partial charge in [0.2, 0.25) is 0 Å². The van der Waals surface area contributed by atoms with Gasteiger partial charge < -0.3 is 15.5 Å². The molecule has 0 aliphatic rings. The largest absolute Gasteiger partial charge is 0.737 e. The monoisotopic (exact) mass is 176 g/mol. The van der Waals surface area contributed by atoms with Gasteiger partial charge in [-0.05, 0) is 26.0 Å². The van der Waals surface area contributed by atoms with Crippen LogP contribution in [0, 0.1) is 10.4 Å². The van der Waals surface area contributed by atoms with E-state index in [1.807, 2.05) is 0 Å². The summed E-state index contributed by atoms with van der Waals surface area (Å²) in [4.78, 5) is -0.0454. The van der Waals surface area contributed by atoms with Crippen LogP contribution in [0.2, 0.25) is 0 Å². The Morgan fingerprint density at radius 2 is 2.00 bits per heavy atom. The topological polar surface area (TPSA) is 85.0 Å². The van der Waals surface area contributed by atoms with Crippen molar-refractivity contribution < 1.29 is 10.1 Å². The Kier molecular flexibility index (Phi) is 3.75. The summed E-state index contributed by atoms with van der Waals surface area (Å²) < 4.78 is 0. The minimum absolute atomic E-state index is 0.0454. The first kappa shape index (κ1) is 11.0. The summed E-state index contributed by atoms with van der Waals surface area (Å²) >= 11 is 0. The van der Waals surface area contributed by atoms with Crippen molar-refractivity contribution in [3.63, 3.8) is 0 Å². The fourth-order valence-corrected chi connectivity index (χ4v) is 0.816. The van der Waals surface area contributed by atoms with E-state index in [4.69, 9.17) is 5.11 Å². The van der Waals surface area contributed by atoms with E-state index < -0.39 is 5.54 Å². The van der Waals surface area contributed by atoms with E-state index in [2.05, 4.69) is 5.28 Å². The zero-order valence-electron chi connectivity index (χ0n) is 7.52. The smallest absolute Gasteiger partial charge is 0.100 e. The highest BCUT2D eigenvalue weighted by Gasteiger charge is 2.26. The van der Waals surface area contributed by atoms with E-state index in [0.717, 1.165) is 5.01 Å². The van der Waals surface area contributed by atoms with E-state index in [-0.39, 0.29) is 18.1 Å². The van der Waals surface area contributed by atoms with Crippen molar-refractivity contribution in [2.75, 3.05) is 13.2 Å². The highest BCUT2D eigenvalue weighted by atomic mass is 16.6. The van der Waals surface area contributed by atoms with Crippen LogP contribution in [0.25, 0.3) is 0 Å². The van der Waals surface area contributed by atoms with Gasteiger partial charge in [0.1, 0.15) is 6.54 Å². The second kappa shape index (κ2) is 4.10. The molecule has 0 spiro atoms. The van der Waals surface area contributed by atoms with Gasteiger partial charge in [-0.15, -0.1) is 5.01 Å². The second-order valence-corrected chi connectivity index (χ2v) is 3.35.